The summed E-state index contributed by atoms with van der Waals surface area (Å²) in [6, 6.07) is 16.9. The Kier molecular flexibility index (Phi) is 5.53. The maximum Gasteiger partial charge on any atom is 0.326 e. The predicted octanol–water partition coefficient (Wildman–Crippen LogP) is 3.67. The van der Waals surface area contributed by atoms with Gasteiger partial charge >= 0.3 is 6.03 Å². The number of urea groups is 1. The minimum Gasteiger partial charge on any atom is -0.493 e. The number of furan rings is 1. The number of imide groups is 1. The van der Waals surface area contributed by atoms with E-state index in [1.165, 1.54) is 11.2 Å². The summed E-state index contributed by atoms with van der Waals surface area (Å²) in [7, 11) is 3.24. The van der Waals surface area contributed by atoms with Crippen molar-refractivity contribution in [2.24, 2.45) is 0 Å². The fourth-order valence-electron chi connectivity index (χ4n) is 4.91. The molecule has 34 heavy (non-hydrogen) atoms. The lowest BCUT2D eigenvalue weighted by Crippen LogP contribution is -2.47. The van der Waals surface area contributed by atoms with Crippen molar-refractivity contribution in [3.8, 4) is 11.5 Å². The molecule has 2 aliphatic heterocycles. The molecule has 5 rings (SSSR count). The molecule has 0 bridgehead atoms. The summed E-state index contributed by atoms with van der Waals surface area (Å²) >= 11 is 0. The topological polar surface area (TPSA) is 84.2 Å². The average Bonchev–Trinajstić information content (AvgIpc) is 3.48. The van der Waals surface area contributed by atoms with Crippen LogP contribution in [0.25, 0.3) is 0 Å². The van der Waals surface area contributed by atoms with Crippen molar-refractivity contribution in [2.45, 2.75) is 24.9 Å². The van der Waals surface area contributed by atoms with Gasteiger partial charge in [0.2, 0.25) is 0 Å². The Morgan fingerprint density at radius 3 is 2.47 bits per heavy atom. The molecule has 3 heterocycles. The maximum atomic E-state index is 13.4. The lowest BCUT2D eigenvalue weighted by Gasteiger charge is -2.39. The van der Waals surface area contributed by atoms with Crippen LogP contribution in [-0.4, -0.2) is 49.2 Å². The summed E-state index contributed by atoms with van der Waals surface area (Å²) in [6.45, 7) is 2.48. The summed E-state index contributed by atoms with van der Waals surface area (Å²) in [5.74, 6) is 1.40. The van der Waals surface area contributed by atoms with Crippen molar-refractivity contribution in [1.29, 1.82) is 0 Å². The quantitative estimate of drug-likeness (QED) is 0.564. The van der Waals surface area contributed by atoms with Crippen LogP contribution in [0.4, 0.5) is 4.79 Å². The number of nitrogens with zero attached hydrogens (tertiary/aromatic N) is 2. The lowest BCUT2D eigenvalue weighted by atomic mass is 9.88. The van der Waals surface area contributed by atoms with Gasteiger partial charge in [0.05, 0.1) is 33.2 Å². The van der Waals surface area contributed by atoms with Gasteiger partial charge in [-0.15, -0.1) is 0 Å². The van der Waals surface area contributed by atoms with Gasteiger partial charge in [0.25, 0.3) is 5.91 Å². The van der Waals surface area contributed by atoms with Crippen LogP contribution in [-0.2, 0) is 16.8 Å². The Bertz CT molecular complexity index is 1210. The monoisotopic (exact) mass is 461 g/mol. The van der Waals surface area contributed by atoms with Gasteiger partial charge in [-0.05, 0) is 54.3 Å². The van der Waals surface area contributed by atoms with Crippen molar-refractivity contribution < 1.29 is 23.5 Å². The van der Waals surface area contributed by atoms with E-state index in [1.807, 2.05) is 30.3 Å². The summed E-state index contributed by atoms with van der Waals surface area (Å²) in [5.41, 5.74) is 2.06. The second kappa shape index (κ2) is 8.53. The van der Waals surface area contributed by atoms with Gasteiger partial charge < -0.3 is 19.2 Å². The molecule has 176 valence electrons. The summed E-state index contributed by atoms with van der Waals surface area (Å²) in [6.07, 6.45) is 2.25. The number of methoxy groups -OCH3 is 2. The number of ether oxygens (including phenoxy) is 2. The molecule has 0 unspecified atom stereocenters. The van der Waals surface area contributed by atoms with Gasteiger partial charge in [0, 0.05) is 6.54 Å². The Balaban J connectivity index is 1.52. The molecule has 0 radical (unpaired) electrons. The van der Waals surface area contributed by atoms with Crippen LogP contribution in [0.3, 0.4) is 0 Å². The average molecular weight is 462 g/mol. The first-order chi connectivity index (χ1) is 16.5. The van der Waals surface area contributed by atoms with E-state index in [9.17, 15) is 9.59 Å². The molecule has 8 nitrogen and oxygen atoms in total. The molecule has 8 heteroatoms. The highest BCUT2D eigenvalue weighted by molar-refractivity contribution is 6.06. The third-order valence-corrected chi connectivity index (χ3v) is 6.70. The predicted molar refractivity (Wildman–Crippen MR) is 125 cm³/mol. The Morgan fingerprint density at radius 2 is 1.79 bits per heavy atom. The van der Waals surface area contributed by atoms with Crippen LogP contribution in [0.5, 0.6) is 11.5 Å². The molecule has 0 saturated carbocycles. The fraction of sp³-hybridized carbons (Fsp3) is 0.308. The molecule has 0 spiro atoms. The summed E-state index contributed by atoms with van der Waals surface area (Å²) in [4.78, 5) is 29.7. The van der Waals surface area contributed by atoms with Gasteiger partial charge in [-0.2, -0.15) is 0 Å². The van der Waals surface area contributed by atoms with Crippen LogP contribution in [0.2, 0.25) is 0 Å². The number of hydrogen-bond donors (Lipinski definition) is 1. The van der Waals surface area contributed by atoms with Gasteiger partial charge in [0.1, 0.15) is 5.76 Å². The molecule has 2 aromatic carbocycles. The number of carbonyl (C=O) groups is 2. The molecule has 1 saturated heterocycles. The summed E-state index contributed by atoms with van der Waals surface area (Å²) in [5, 5.41) is 2.81. The van der Waals surface area contributed by atoms with Crippen molar-refractivity contribution in [2.75, 3.05) is 27.4 Å². The summed E-state index contributed by atoms with van der Waals surface area (Å²) < 4.78 is 16.5. The zero-order valence-electron chi connectivity index (χ0n) is 19.4. The van der Waals surface area contributed by atoms with Crippen LogP contribution in [0, 0.1) is 0 Å². The SMILES string of the molecule is COc1cc2c(cc1OC)[C@@H](c1ccccc1)N(CN1C(=O)N[C@@](C)(c3ccco3)C1=O)CC2. The number of fused-ring (bicyclic) bond motifs is 1. The van der Waals surface area contributed by atoms with E-state index < -0.39 is 11.6 Å². The number of hydrogen-bond acceptors (Lipinski definition) is 6. The van der Waals surface area contributed by atoms with E-state index in [0.29, 0.717) is 23.8 Å². The van der Waals surface area contributed by atoms with Gasteiger partial charge in [0.15, 0.2) is 17.0 Å². The molecule has 2 atom stereocenters. The number of nitrogens with one attached hydrogen (secondary N) is 1. The Hall–Kier alpha value is -3.78. The van der Waals surface area contributed by atoms with Crippen molar-refractivity contribution in [1.82, 2.24) is 15.1 Å². The number of amides is 3. The maximum absolute atomic E-state index is 13.4. The first-order valence-electron chi connectivity index (χ1n) is 11.2. The Morgan fingerprint density at radius 1 is 1.06 bits per heavy atom. The lowest BCUT2D eigenvalue weighted by molar-refractivity contribution is -0.133. The van der Waals surface area contributed by atoms with Crippen molar-refractivity contribution >= 4 is 11.9 Å². The fourth-order valence-corrected chi connectivity index (χ4v) is 4.91. The van der Waals surface area contributed by atoms with Crippen LogP contribution in [0.1, 0.15) is 35.4 Å². The molecule has 1 N–H and O–H groups in total. The second-order valence-corrected chi connectivity index (χ2v) is 8.69. The molecule has 1 aromatic heterocycles. The molecule has 3 amide bonds. The normalized spacial score (nSPS) is 22.4. The van der Waals surface area contributed by atoms with E-state index in [1.54, 1.807) is 33.3 Å². The molecular weight excluding hydrogens is 434 g/mol. The van der Waals surface area contributed by atoms with Crippen LogP contribution >= 0.6 is 0 Å². The van der Waals surface area contributed by atoms with Gasteiger partial charge in [-0.1, -0.05) is 30.3 Å². The van der Waals surface area contributed by atoms with Gasteiger partial charge in [-0.25, -0.2) is 9.69 Å². The number of carbonyl (C=O) groups excluding carboxylic acids is 2. The van der Waals surface area contributed by atoms with E-state index >= 15 is 0 Å². The zero-order chi connectivity index (χ0) is 23.9. The molecule has 0 aliphatic carbocycles. The third-order valence-electron chi connectivity index (χ3n) is 6.70. The van der Waals surface area contributed by atoms with Gasteiger partial charge in [-0.3, -0.25) is 9.69 Å². The molecular formula is C26H27N3O5. The highest BCUT2D eigenvalue weighted by atomic mass is 16.5. The molecule has 3 aromatic rings. The zero-order valence-corrected chi connectivity index (χ0v) is 19.4. The number of benzene rings is 2. The number of rotatable bonds is 6. The van der Waals surface area contributed by atoms with Crippen LogP contribution in [0.15, 0.2) is 65.3 Å². The van der Waals surface area contributed by atoms with E-state index in [2.05, 4.69) is 22.3 Å². The standard InChI is InChI=1S/C26H27N3O5/c1-26(22-10-7-13-34-22)24(30)29(25(31)27-26)16-28-12-11-18-14-20(32-2)21(33-3)15-19(18)23(28)17-8-5-4-6-9-17/h4-10,13-15,23H,11-12,16H2,1-3H3,(H,27,31)/t23-,26+/m1/s1. The highest BCUT2D eigenvalue weighted by Gasteiger charge is 2.51. The Labute approximate surface area is 198 Å². The largest absolute Gasteiger partial charge is 0.493 e. The van der Waals surface area contributed by atoms with Crippen molar-refractivity contribution in [3.05, 3.63) is 83.3 Å². The van der Waals surface area contributed by atoms with E-state index in [0.717, 1.165) is 23.1 Å². The van der Waals surface area contributed by atoms with Crippen molar-refractivity contribution in [3.63, 3.8) is 0 Å². The second-order valence-electron chi connectivity index (χ2n) is 8.69. The van der Waals surface area contributed by atoms with E-state index in [4.69, 9.17) is 13.9 Å². The molecule has 1 fully saturated rings. The highest BCUT2D eigenvalue weighted by Crippen LogP contribution is 2.41. The van der Waals surface area contributed by atoms with E-state index in [-0.39, 0.29) is 18.6 Å². The third kappa shape index (κ3) is 3.51. The molecule has 2 aliphatic rings. The minimum absolute atomic E-state index is 0.147. The first-order valence-corrected chi connectivity index (χ1v) is 11.2. The van der Waals surface area contributed by atoms with Crippen LogP contribution < -0.4 is 14.8 Å². The smallest absolute Gasteiger partial charge is 0.326 e. The first kappa shape index (κ1) is 22.0. The minimum atomic E-state index is -1.23.